The smallest absolute Gasteiger partial charge is 0.0101 e. The molecule has 0 N–H and O–H groups in total. The Labute approximate surface area is 91.4 Å². The van der Waals surface area contributed by atoms with Crippen LogP contribution in [-0.2, 0) is 0 Å². The van der Waals surface area contributed by atoms with E-state index in [1.54, 1.807) is 0 Å². The molecule has 0 fully saturated rings. The monoisotopic (exact) mass is 210 g/mol. The minimum Gasteiger partial charge on any atom is -0.0663 e. The number of fused-ring (bicyclic) bond motifs is 3. The quantitative estimate of drug-likeness (QED) is 0.582. The van der Waals surface area contributed by atoms with Crippen LogP contribution in [0.15, 0.2) is 54.3 Å². The van der Waals surface area contributed by atoms with Crippen LogP contribution in [0.1, 0.15) is 5.56 Å². The number of hydrogen-bond acceptors (Lipinski definition) is 0. The first kappa shape index (κ1) is 8.88. The topological polar surface area (TPSA) is 0 Å². The minimum atomic E-state index is 0.782. The lowest BCUT2D eigenvalue weighted by molar-refractivity contribution is 1.62. The Balaban J connectivity index is 2.33. The Morgan fingerprint density at radius 2 is 1.47 bits per heavy atom. The molecule has 15 heavy (non-hydrogen) atoms. The highest BCUT2D eigenvalue weighted by atomic mass is 31.1. The normalized spacial score (nSPS) is 14.4. The van der Waals surface area contributed by atoms with Gasteiger partial charge in [0.2, 0.25) is 0 Å². The van der Waals surface area contributed by atoms with Gasteiger partial charge in [0.05, 0.1) is 0 Å². The molecule has 0 aliphatic carbocycles. The molecule has 1 unspecified atom stereocenters. The van der Waals surface area contributed by atoms with Gasteiger partial charge < -0.3 is 0 Å². The zero-order valence-corrected chi connectivity index (χ0v) is 9.27. The first-order chi connectivity index (χ1) is 7.45. The van der Waals surface area contributed by atoms with Gasteiger partial charge >= 0.3 is 0 Å². The summed E-state index contributed by atoms with van der Waals surface area (Å²) in [6.07, 6.45) is 2.23. The molecule has 72 valence electrons. The standard InChI is InChI=1S/C14H11P/c1-2-6-12-11(5-1)9-10-15-14-8-4-3-7-13(12)14/h1-10,15H. The number of rotatable bonds is 0. The molecule has 0 spiro atoms. The van der Waals surface area contributed by atoms with Crippen LogP contribution in [0.3, 0.4) is 0 Å². The second kappa shape index (κ2) is 3.64. The summed E-state index contributed by atoms with van der Waals surface area (Å²) in [5.74, 6) is 2.27. The van der Waals surface area contributed by atoms with Crippen LogP contribution in [0.4, 0.5) is 0 Å². The van der Waals surface area contributed by atoms with Crippen molar-refractivity contribution in [3.8, 4) is 11.1 Å². The fourth-order valence-corrected chi connectivity index (χ4v) is 2.96. The predicted octanol–water partition coefficient (Wildman–Crippen LogP) is 3.64. The maximum absolute atomic E-state index is 2.27. The summed E-state index contributed by atoms with van der Waals surface area (Å²) in [4.78, 5) is 0. The second-order valence-corrected chi connectivity index (χ2v) is 4.77. The van der Waals surface area contributed by atoms with E-state index in [0.29, 0.717) is 0 Å². The molecule has 3 rings (SSSR count). The average molecular weight is 210 g/mol. The molecule has 0 nitrogen and oxygen atoms in total. The van der Waals surface area contributed by atoms with Crippen LogP contribution in [0, 0.1) is 0 Å². The Hall–Kier alpha value is -1.39. The number of benzene rings is 2. The molecule has 1 aliphatic rings. The molecule has 0 aromatic heterocycles. The first-order valence-corrected chi connectivity index (χ1v) is 6.14. The third-order valence-electron chi connectivity index (χ3n) is 2.68. The zero-order chi connectivity index (χ0) is 10.1. The molecule has 2 aromatic rings. The summed E-state index contributed by atoms with van der Waals surface area (Å²) in [5, 5.41) is 1.44. The van der Waals surface area contributed by atoms with E-state index in [1.807, 2.05) is 0 Å². The molecule has 1 heteroatoms. The molecule has 1 heterocycles. The Bertz CT molecular complexity index is 526. The van der Waals surface area contributed by atoms with Gasteiger partial charge in [-0.2, -0.15) is 0 Å². The summed E-state index contributed by atoms with van der Waals surface area (Å²) < 4.78 is 0. The highest BCUT2D eigenvalue weighted by molar-refractivity contribution is 7.51. The van der Waals surface area contributed by atoms with E-state index in [9.17, 15) is 0 Å². The van der Waals surface area contributed by atoms with Crippen molar-refractivity contribution in [2.24, 2.45) is 0 Å². The molecule has 2 aromatic carbocycles. The minimum absolute atomic E-state index is 0.782. The van der Waals surface area contributed by atoms with Crippen molar-refractivity contribution in [2.45, 2.75) is 0 Å². The lowest BCUT2D eigenvalue weighted by Gasteiger charge is -2.07. The lowest BCUT2D eigenvalue weighted by atomic mass is 10.00. The Morgan fingerprint density at radius 1 is 0.733 bits per heavy atom. The van der Waals surface area contributed by atoms with Gasteiger partial charge in [-0.25, -0.2) is 0 Å². The van der Waals surface area contributed by atoms with E-state index in [2.05, 4.69) is 60.4 Å². The van der Waals surface area contributed by atoms with E-state index in [-0.39, 0.29) is 0 Å². The van der Waals surface area contributed by atoms with E-state index in [0.717, 1.165) is 8.58 Å². The fraction of sp³-hybridized carbons (Fsp3) is 0. The van der Waals surface area contributed by atoms with Crippen LogP contribution in [0.2, 0.25) is 0 Å². The summed E-state index contributed by atoms with van der Waals surface area (Å²) in [7, 11) is 0.782. The molecular weight excluding hydrogens is 199 g/mol. The van der Waals surface area contributed by atoms with Crippen LogP contribution >= 0.6 is 8.58 Å². The molecule has 0 saturated heterocycles. The summed E-state index contributed by atoms with van der Waals surface area (Å²) in [6.45, 7) is 0. The average Bonchev–Trinajstić information content (AvgIpc) is 2.48. The van der Waals surface area contributed by atoms with Crippen molar-refractivity contribution in [3.63, 3.8) is 0 Å². The van der Waals surface area contributed by atoms with Crippen molar-refractivity contribution in [3.05, 3.63) is 59.9 Å². The van der Waals surface area contributed by atoms with Gasteiger partial charge in [0, 0.05) is 0 Å². The molecule has 1 aliphatic heterocycles. The third-order valence-corrected chi connectivity index (χ3v) is 3.76. The van der Waals surface area contributed by atoms with Gasteiger partial charge in [-0.05, 0) is 22.0 Å². The SMILES string of the molecule is C1=Cc2ccccc2-c2ccccc2P1. The second-order valence-electron chi connectivity index (χ2n) is 3.61. The fourth-order valence-electron chi connectivity index (χ4n) is 1.95. The summed E-state index contributed by atoms with van der Waals surface area (Å²) in [5.41, 5.74) is 4.07. The van der Waals surface area contributed by atoms with E-state index < -0.39 is 0 Å². The van der Waals surface area contributed by atoms with Crippen LogP contribution in [0.5, 0.6) is 0 Å². The van der Waals surface area contributed by atoms with Gasteiger partial charge in [-0.15, -0.1) is 0 Å². The van der Waals surface area contributed by atoms with Gasteiger partial charge in [0.1, 0.15) is 0 Å². The summed E-state index contributed by atoms with van der Waals surface area (Å²) in [6, 6.07) is 17.3. The third kappa shape index (κ3) is 1.52. The van der Waals surface area contributed by atoms with Crippen molar-refractivity contribution in [2.75, 3.05) is 0 Å². The van der Waals surface area contributed by atoms with Crippen LogP contribution in [-0.4, -0.2) is 0 Å². The molecule has 0 radical (unpaired) electrons. The highest BCUT2D eigenvalue weighted by Crippen LogP contribution is 2.31. The van der Waals surface area contributed by atoms with Gasteiger partial charge in [-0.1, -0.05) is 69.0 Å². The highest BCUT2D eigenvalue weighted by Gasteiger charge is 2.08. The van der Waals surface area contributed by atoms with Crippen LogP contribution in [0.25, 0.3) is 17.2 Å². The molecule has 1 atom stereocenters. The van der Waals surface area contributed by atoms with Crippen molar-refractivity contribution >= 4 is 20.0 Å². The molecule has 0 amide bonds. The Morgan fingerprint density at radius 3 is 2.40 bits per heavy atom. The van der Waals surface area contributed by atoms with E-state index in [4.69, 9.17) is 0 Å². The Kier molecular flexibility index (Phi) is 2.16. The lowest BCUT2D eigenvalue weighted by Crippen LogP contribution is -1.97. The van der Waals surface area contributed by atoms with Crippen molar-refractivity contribution < 1.29 is 0 Å². The first-order valence-electron chi connectivity index (χ1n) is 5.07. The van der Waals surface area contributed by atoms with Crippen molar-refractivity contribution in [1.29, 1.82) is 0 Å². The van der Waals surface area contributed by atoms with Crippen LogP contribution < -0.4 is 5.30 Å². The maximum atomic E-state index is 2.27. The predicted molar refractivity (Wildman–Crippen MR) is 68.9 cm³/mol. The molecule has 0 bridgehead atoms. The van der Waals surface area contributed by atoms with Gasteiger partial charge in [-0.3, -0.25) is 0 Å². The van der Waals surface area contributed by atoms with Gasteiger partial charge in [0.25, 0.3) is 0 Å². The van der Waals surface area contributed by atoms with Gasteiger partial charge in [0.15, 0.2) is 0 Å². The number of hydrogen-bond donors (Lipinski definition) is 0. The molecule has 0 saturated carbocycles. The van der Waals surface area contributed by atoms with E-state index >= 15 is 0 Å². The summed E-state index contributed by atoms with van der Waals surface area (Å²) >= 11 is 0. The maximum Gasteiger partial charge on any atom is -0.0101 e. The van der Waals surface area contributed by atoms with E-state index in [1.165, 1.54) is 22.0 Å². The largest absolute Gasteiger partial charge is 0.0663 e. The zero-order valence-electron chi connectivity index (χ0n) is 8.27. The van der Waals surface area contributed by atoms with Crippen molar-refractivity contribution in [1.82, 2.24) is 0 Å². The molecular formula is C14H11P.